The summed E-state index contributed by atoms with van der Waals surface area (Å²) in [6.07, 6.45) is 2.84. The molecule has 2 aliphatic heterocycles. The number of ether oxygens (including phenoxy) is 1. The van der Waals surface area contributed by atoms with Crippen LogP contribution in [0.15, 0.2) is 46.0 Å². The Labute approximate surface area is 192 Å². The molecule has 3 heterocycles. The smallest absolute Gasteiger partial charge is 0.253 e. The molecular weight excluding hydrogens is 450 g/mol. The second-order valence-corrected chi connectivity index (χ2v) is 11.1. The molecule has 10 heteroatoms. The van der Waals surface area contributed by atoms with Gasteiger partial charge in [0, 0.05) is 32.2 Å². The largest absolute Gasteiger partial charge is 0.376 e. The summed E-state index contributed by atoms with van der Waals surface area (Å²) in [5.41, 5.74) is 0.854. The van der Waals surface area contributed by atoms with Gasteiger partial charge in [0.2, 0.25) is 5.91 Å². The van der Waals surface area contributed by atoms with Crippen molar-refractivity contribution in [2.75, 3.05) is 31.6 Å². The zero-order valence-electron chi connectivity index (χ0n) is 17.7. The zero-order valence-corrected chi connectivity index (χ0v) is 19.3. The van der Waals surface area contributed by atoms with E-state index < -0.39 is 10.0 Å². The molecule has 1 aromatic carbocycles. The topological polar surface area (TPSA) is 105 Å². The van der Waals surface area contributed by atoms with Crippen LogP contribution >= 0.6 is 11.3 Å². The van der Waals surface area contributed by atoms with Crippen molar-refractivity contribution in [1.82, 2.24) is 9.62 Å². The highest BCUT2D eigenvalue weighted by molar-refractivity contribution is 7.91. The van der Waals surface area contributed by atoms with Crippen molar-refractivity contribution in [2.45, 2.75) is 36.0 Å². The predicted molar refractivity (Wildman–Crippen MR) is 122 cm³/mol. The summed E-state index contributed by atoms with van der Waals surface area (Å²) >= 11 is 1.19. The highest BCUT2D eigenvalue weighted by Gasteiger charge is 2.33. The molecule has 32 heavy (non-hydrogen) atoms. The first-order chi connectivity index (χ1) is 15.4. The minimum atomic E-state index is -3.50. The average molecular weight is 478 g/mol. The molecule has 2 amide bonds. The molecule has 0 bridgehead atoms. The Hall–Kier alpha value is -2.27. The Morgan fingerprint density at radius 1 is 1.09 bits per heavy atom. The molecule has 8 nitrogen and oxygen atoms in total. The lowest BCUT2D eigenvalue weighted by molar-refractivity contribution is -0.120. The summed E-state index contributed by atoms with van der Waals surface area (Å²) in [4.78, 5) is 25.5. The van der Waals surface area contributed by atoms with Crippen LogP contribution in [0.5, 0.6) is 0 Å². The minimum absolute atomic E-state index is 0.0383. The summed E-state index contributed by atoms with van der Waals surface area (Å²) in [5.74, 6) is -0.765. The van der Waals surface area contributed by atoms with Crippen molar-refractivity contribution < 1.29 is 22.7 Å². The summed E-state index contributed by atoms with van der Waals surface area (Å²) in [5, 5.41) is 7.49. The first-order valence-corrected chi connectivity index (χ1v) is 13.1. The highest BCUT2D eigenvalue weighted by Crippen LogP contribution is 2.27. The van der Waals surface area contributed by atoms with E-state index in [0.29, 0.717) is 47.9 Å². The maximum absolute atomic E-state index is 12.9. The van der Waals surface area contributed by atoms with Gasteiger partial charge in [-0.3, -0.25) is 9.59 Å². The lowest BCUT2D eigenvalue weighted by Crippen LogP contribution is -2.41. The van der Waals surface area contributed by atoms with Gasteiger partial charge < -0.3 is 15.4 Å². The van der Waals surface area contributed by atoms with Crippen LogP contribution in [0.25, 0.3) is 0 Å². The number of sulfonamides is 1. The van der Waals surface area contributed by atoms with E-state index in [-0.39, 0.29) is 23.8 Å². The van der Waals surface area contributed by atoms with Crippen molar-refractivity contribution in [1.29, 1.82) is 0 Å². The Kier molecular flexibility index (Phi) is 7.24. The molecule has 0 unspecified atom stereocenters. The molecule has 4 rings (SSSR count). The van der Waals surface area contributed by atoms with Crippen LogP contribution in [0.2, 0.25) is 0 Å². The van der Waals surface area contributed by atoms with Crippen molar-refractivity contribution in [3.8, 4) is 0 Å². The standard InChI is InChI=1S/C22H27N3O5S2/c26-21(16-9-11-25(12-10-16)32(28,29)20-8-4-14-31-20)24-19-7-2-1-6-18(19)22(27)23-15-17-5-3-13-30-17/h1-2,4,6-8,14,16-17H,3,5,9-13,15H2,(H,23,27)(H,24,26)/t17-/m1/s1. The number of anilines is 1. The Bertz CT molecular complexity index is 1040. The van der Waals surface area contributed by atoms with E-state index >= 15 is 0 Å². The van der Waals surface area contributed by atoms with Gasteiger partial charge >= 0.3 is 0 Å². The van der Waals surface area contributed by atoms with E-state index in [4.69, 9.17) is 4.74 Å². The fourth-order valence-corrected chi connectivity index (χ4v) is 6.64. The monoisotopic (exact) mass is 477 g/mol. The zero-order chi connectivity index (χ0) is 22.6. The third-order valence-electron chi connectivity index (χ3n) is 5.86. The van der Waals surface area contributed by atoms with Crippen molar-refractivity contribution >= 4 is 38.9 Å². The number of nitrogens with zero attached hydrogens (tertiary/aromatic N) is 1. The molecule has 2 aliphatic rings. The molecule has 2 fully saturated rings. The van der Waals surface area contributed by atoms with Gasteiger partial charge in [0.25, 0.3) is 15.9 Å². The number of amides is 2. The van der Waals surface area contributed by atoms with Crippen LogP contribution in [0.3, 0.4) is 0 Å². The van der Waals surface area contributed by atoms with Crippen molar-refractivity contribution in [3.63, 3.8) is 0 Å². The van der Waals surface area contributed by atoms with Crippen LogP contribution in [0.4, 0.5) is 5.69 Å². The molecule has 2 aromatic rings. The second-order valence-electron chi connectivity index (χ2n) is 7.99. The van der Waals surface area contributed by atoms with Crippen LogP contribution in [-0.2, 0) is 19.6 Å². The van der Waals surface area contributed by atoms with Crippen LogP contribution < -0.4 is 10.6 Å². The van der Waals surface area contributed by atoms with Gasteiger partial charge in [-0.05, 0) is 49.3 Å². The van der Waals surface area contributed by atoms with Crippen LogP contribution in [0.1, 0.15) is 36.0 Å². The van der Waals surface area contributed by atoms with Gasteiger partial charge in [0.15, 0.2) is 0 Å². The van der Waals surface area contributed by atoms with E-state index in [0.717, 1.165) is 19.4 Å². The number of carbonyl (C=O) groups is 2. The quantitative estimate of drug-likeness (QED) is 0.638. The number of hydrogen-bond acceptors (Lipinski definition) is 6. The summed E-state index contributed by atoms with van der Waals surface area (Å²) in [6.45, 7) is 1.75. The Morgan fingerprint density at radius 3 is 2.56 bits per heavy atom. The van der Waals surface area contributed by atoms with Gasteiger partial charge in [0.05, 0.1) is 17.4 Å². The number of hydrogen-bond donors (Lipinski definition) is 2. The molecule has 0 radical (unpaired) electrons. The fourth-order valence-electron chi connectivity index (χ4n) is 4.03. The maximum Gasteiger partial charge on any atom is 0.253 e. The number of thiophene rings is 1. The summed E-state index contributed by atoms with van der Waals surface area (Å²) in [6, 6.07) is 10.2. The molecule has 1 aromatic heterocycles. The lowest BCUT2D eigenvalue weighted by Gasteiger charge is -2.30. The molecular formula is C22H27N3O5S2. The normalized spacial score (nSPS) is 20.2. The molecule has 2 N–H and O–H groups in total. The summed E-state index contributed by atoms with van der Waals surface area (Å²) in [7, 11) is -3.50. The lowest BCUT2D eigenvalue weighted by atomic mass is 9.97. The van der Waals surface area contributed by atoms with Gasteiger partial charge in [-0.1, -0.05) is 18.2 Å². The first kappa shape index (κ1) is 22.9. The van der Waals surface area contributed by atoms with Gasteiger partial charge in [-0.25, -0.2) is 8.42 Å². The molecule has 172 valence electrons. The number of nitrogens with one attached hydrogen (secondary N) is 2. The number of para-hydroxylation sites is 1. The van der Waals surface area contributed by atoms with Gasteiger partial charge in [0.1, 0.15) is 4.21 Å². The predicted octanol–water partition coefficient (Wildman–Crippen LogP) is 2.70. The number of benzene rings is 1. The maximum atomic E-state index is 12.9. The van der Waals surface area contributed by atoms with E-state index in [9.17, 15) is 18.0 Å². The third-order valence-corrected chi connectivity index (χ3v) is 9.13. The highest BCUT2D eigenvalue weighted by atomic mass is 32.2. The van der Waals surface area contributed by atoms with Crippen molar-refractivity contribution in [3.05, 3.63) is 47.3 Å². The molecule has 2 saturated heterocycles. The van der Waals surface area contributed by atoms with Gasteiger partial charge in [-0.2, -0.15) is 4.31 Å². The van der Waals surface area contributed by atoms with Crippen molar-refractivity contribution in [2.24, 2.45) is 5.92 Å². The van der Waals surface area contributed by atoms with E-state index in [2.05, 4.69) is 10.6 Å². The molecule has 0 saturated carbocycles. The number of piperidine rings is 1. The second kappa shape index (κ2) is 10.1. The van der Waals surface area contributed by atoms with E-state index in [1.54, 1.807) is 41.8 Å². The van der Waals surface area contributed by atoms with E-state index in [1.165, 1.54) is 15.6 Å². The fraction of sp³-hybridized carbons (Fsp3) is 0.455. The van der Waals surface area contributed by atoms with Gasteiger partial charge in [-0.15, -0.1) is 11.3 Å². The minimum Gasteiger partial charge on any atom is -0.376 e. The average Bonchev–Trinajstić information content (AvgIpc) is 3.52. The Morgan fingerprint density at radius 2 is 1.88 bits per heavy atom. The molecule has 1 atom stereocenters. The number of rotatable bonds is 7. The van der Waals surface area contributed by atoms with Crippen LogP contribution in [0, 0.1) is 5.92 Å². The van der Waals surface area contributed by atoms with E-state index in [1.807, 2.05) is 0 Å². The molecule has 0 spiro atoms. The SMILES string of the molecule is O=C(NC[C@H]1CCCO1)c1ccccc1NC(=O)C1CCN(S(=O)(=O)c2cccs2)CC1. The third kappa shape index (κ3) is 5.20. The number of carbonyl (C=O) groups excluding carboxylic acids is 2. The Balaban J connectivity index is 1.34. The van der Waals surface area contributed by atoms with Crippen LogP contribution in [-0.4, -0.2) is 56.9 Å². The summed E-state index contributed by atoms with van der Waals surface area (Å²) < 4.78 is 32.7. The first-order valence-electron chi connectivity index (χ1n) is 10.8. The molecule has 0 aliphatic carbocycles.